The van der Waals surface area contributed by atoms with Crippen molar-refractivity contribution in [1.82, 2.24) is 5.48 Å². The van der Waals surface area contributed by atoms with Gasteiger partial charge in [-0.25, -0.2) is 0 Å². The molecule has 0 spiro atoms. The Kier molecular flexibility index (Phi) is 5.31. The quantitative estimate of drug-likeness (QED) is 0.220. The van der Waals surface area contributed by atoms with Crippen molar-refractivity contribution in [2.45, 2.75) is 0 Å². The van der Waals surface area contributed by atoms with E-state index in [0.29, 0.717) is 13.3 Å². The van der Waals surface area contributed by atoms with Crippen LogP contribution in [0.15, 0.2) is 12.7 Å². The van der Waals surface area contributed by atoms with Crippen molar-refractivity contribution in [3.63, 3.8) is 0 Å². The van der Waals surface area contributed by atoms with Crippen molar-refractivity contribution in [2.75, 3.05) is 13.3 Å². The lowest BCUT2D eigenvalue weighted by Crippen LogP contribution is -2.22. The van der Waals surface area contributed by atoms with Gasteiger partial charge in [0, 0.05) is 0 Å². The maximum atomic E-state index is 5.00. The van der Waals surface area contributed by atoms with Gasteiger partial charge in [0.2, 0.25) is 0 Å². The molecule has 0 saturated carbocycles. The molecule has 0 heterocycles. The Morgan fingerprint density at radius 1 is 1.86 bits per heavy atom. The molecule has 3 nitrogen and oxygen atoms in total. The standard InChI is InChI=1S/C4H10N2O/c1-2-3-7-6-4-5/h2,6H,1,3-5H2. The number of nitrogens with two attached hydrogens (primary N) is 1. The van der Waals surface area contributed by atoms with Crippen LogP contribution < -0.4 is 11.2 Å². The predicted octanol–water partition coefficient (Wildman–Crippen LogP) is -0.390. The molecule has 3 heteroatoms. The second-order valence-electron chi connectivity index (χ2n) is 0.948. The van der Waals surface area contributed by atoms with Crippen LogP contribution in [-0.4, -0.2) is 13.3 Å². The van der Waals surface area contributed by atoms with Crippen molar-refractivity contribution >= 4 is 0 Å². The molecular formula is C4H10N2O. The Morgan fingerprint density at radius 3 is 3.00 bits per heavy atom. The first kappa shape index (κ1) is 6.62. The minimum atomic E-state index is 0.341. The van der Waals surface area contributed by atoms with Gasteiger partial charge in [0.05, 0.1) is 13.3 Å². The van der Waals surface area contributed by atoms with E-state index in [-0.39, 0.29) is 0 Å². The topological polar surface area (TPSA) is 47.3 Å². The Labute approximate surface area is 43.1 Å². The number of rotatable bonds is 4. The molecule has 0 bridgehead atoms. The van der Waals surface area contributed by atoms with Gasteiger partial charge in [-0.2, -0.15) is 5.48 Å². The SMILES string of the molecule is C=CCONCN. The summed E-state index contributed by atoms with van der Waals surface area (Å²) in [6.07, 6.45) is 1.64. The lowest BCUT2D eigenvalue weighted by Gasteiger charge is -1.95. The van der Waals surface area contributed by atoms with Crippen LogP contribution in [0.2, 0.25) is 0 Å². The molecule has 0 aliphatic carbocycles. The van der Waals surface area contributed by atoms with E-state index in [2.05, 4.69) is 16.9 Å². The minimum Gasteiger partial charge on any atom is -0.317 e. The van der Waals surface area contributed by atoms with E-state index in [9.17, 15) is 0 Å². The van der Waals surface area contributed by atoms with Gasteiger partial charge in [0.25, 0.3) is 0 Å². The molecule has 0 aromatic carbocycles. The predicted molar refractivity (Wildman–Crippen MR) is 28.3 cm³/mol. The van der Waals surface area contributed by atoms with Crippen LogP contribution in [0.1, 0.15) is 0 Å². The summed E-state index contributed by atoms with van der Waals surface area (Å²) in [4.78, 5) is 4.64. The van der Waals surface area contributed by atoms with Crippen molar-refractivity contribution in [2.24, 2.45) is 5.73 Å². The first-order valence-corrected chi connectivity index (χ1v) is 2.07. The van der Waals surface area contributed by atoms with Crippen LogP contribution in [0, 0.1) is 0 Å². The molecule has 0 aliphatic rings. The molecule has 3 N–H and O–H groups in total. The molecule has 0 amide bonds. The van der Waals surface area contributed by atoms with Crippen LogP contribution in [0.5, 0.6) is 0 Å². The monoisotopic (exact) mass is 102 g/mol. The van der Waals surface area contributed by atoms with Crippen molar-refractivity contribution in [3.05, 3.63) is 12.7 Å². The van der Waals surface area contributed by atoms with E-state index in [4.69, 9.17) is 5.73 Å². The van der Waals surface area contributed by atoms with Crippen molar-refractivity contribution in [1.29, 1.82) is 0 Å². The third kappa shape index (κ3) is 5.62. The average molecular weight is 102 g/mol. The van der Waals surface area contributed by atoms with E-state index in [0.717, 1.165) is 0 Å². The largest absolute Gasteiger partial charge is 0.317 e. The van der Waals surface area contributed by atoms with Crippen LogP contribution in [0.4, 0.5) is 0 Å². The zero-order chi connectivity index (χ0) is 5.54. The van der Waals surface area contributed by atoms with Gasteiger partial charge in [0.15, 0.2) is 0 Å². The van der Waals surface area contributed by atoms with Crippen LogP contribution in [-0.2, 0) is 4.84 Å². The van der Waals surface area contributed by atoms with Crippen LogP contribution >= 0.6 is 0 Å². The van der Waals surface area contributed by atoms with E-state index in [1.807, 2.05) is 0 Å². The molecule has 0 aromatic rings. The molecule has 0 aromatic heterocycles. The highest BCUT2D eigenvalue weighted by atomic mass is 16.6. The number of hydrogen-bond donors (Lipinski definition) is 2. The lowest BCUT2D eigenvalue weighted by atomic mass is 10.7. The van der Waals surface area contributed by atoms with Gasteiger partial charge in [-0.05, 0) is 0 Å². The maximum Gasteiger partial charge on any atom is 0.0861 e. The summed E-state index contributed by atoms with van der Waals surface area (Å²) in [6, 6.07) is 0. The second kappa shape index (κ2) is 5.62. The highest BCUT2D eigenvalue weighted by Gasteiger charge is 1.72. The Bertz CT molecular complexity index is 47.0. The maximum absolute atomic E-state index is 5.00. The summed E-state index contributed by atoms with van der Waals surface area (Å²) < 4.78 is 0. The highest BCUT2D eigenvalue weighted by molar-refractivity contribution is 4.62. The molecule has 0 aliphatic heterocycles. The third-order valence-corrected chi connectivity index (χ3v) is 0.387. The van der Waals surface area contributed by atoms with Gasteiger partial charge >= 0.3 is 0 Å². The minimum absolute atomic E-state index is 0.341. The fraction of sp³-hybridized carbons (Fsp3) is 0.500. The van der Waals surface area contributed by atoms with E-state index in [1.165, 1.54) is 0 Å². The van der Waals surface area contributed by atoms with E-state index < -0.39 is 0 Å². The lowest BCUT2D eigenvalue weighted by molar-refractivity contribution is 0.0646. The first-order valence-electron chi connectivity index (χ1n) is 2.07. The summed E-state index contributed by atoms with van der Waals surface area (Å²) in [6.45, 7) is 4.27. The second-order valence-corrected chi connectivity index (χ2v) is 0.948. The van der Waals surface area contributed by atoms with Gasteiger partial charge in [-0.3, -0.25) is 4.84 Å². The van der Waals surface area contributed by atoms with Crippen LogP contribution in [0.25, 0.3) is 0 Å². The molecule has 42 valence electrons. The van der Waals surface area contributed by atoms with Gasteiger partial charge in [-0.15, -0.1) is 6.58 Å². The fourth-order valence-electron chi connectivity index (χ4n) is 0.177. The van der Waals surface area contributed by atoms with Gasteiger partial charge in [-0.1, -0.05) is 6.08 Å². The molecule has 0 unspecified atom stereocenters. The number of nitrogens with one attached hydrogen (secondary N) is 1. The molecule has 7 heavy (non-hydrogen) atoms. The third-order valence-electron chi connectivity index (χ3n) is 0.387. The Hall–Kier alpha value is -0.380. The fourth-order valence-corrected chi connectivity index (χ4v) is 0.177. The Balaban J connectivity index is 2.56. The van der Waals surface area contributed by atoms with Crippen molar-refractivity contribution in [3.8, 4) is 0 Å². The van der Waals surface area contributed by atoms with Crippen LogP contribution in [0.3, 0.4) is 0 Å². The smallest absolute Gasteiger partial charge is 0.0861 e. The van der Waals surface area contributed by atoms with Crippen molar-refractivity contribution < 1.29 is 4.84 Å². The number of hydroxylamine groups is 1. The van der Waals surface area contributed by atoms with Gasteiger partial charge in [0.1, 0.15) is 0 Å². The first-order chi connectivity index (χ1) is 3.41. The Morgan fingerprint density at radius 2 is 2.57 bits per heavy atom. The average Bonchev–Trinajstić information content (AvgIpc) is 1.69. The summed E-state index contributed by atoms with van der Waals surface area (Å²) in [7, 11) is 0. The number of hydrogen-bond acceptors (Lipinski definition) is 3. The highest BCUT2D eigenvalue weighted by Crippen LogP contribution is 1.62. The molecule has 0 rings (SSSR count). The summed E-state index contributed by atoms with van der Waals surface area (Å²) in [5.41, 5.74) is 7.45. The van der Waals surface area contributed by atoms with Gasteiger partial charge < -0.3 is 5.73 Å². The zero-order valence-electron chi connectivity index (χ0n) is 4.18. The van der Waals surface area contributed by atoms with E-state index >= 15 is 0 Å². The molecule has 0 fully saturated rings. The normalized spacial score (nSPS) is 8.71. The zero-order valence-corrected chi connectivity index (χ0v) is 4.18. The molecular weight excluding hydrogens is 92.1 g/mol. The summed E-state index contributed by atoms with van der Waals surface area (Å²) in [5, 5.41) is 0. The van der Waals surface area contributed by atoms with E-state index in [1.54, 1.807) is 6.08 Å². The molecule has 0 radical (unpaired) electrons. The summed E-state index contributed by atoms with van der Waals surface area (Å²) >= 11 is 0. The molecule has 0 atom stereocenters. The molecule has 0 saturated heterocycles. The summed E-state index contributed by atoms with van der Waals surface area (Å²) in [5.74, 6) is 0.